The highest BCUT2D eigenvalue weighted by atomic mass is 16.3. The molecule has 1 aromatic carbocycles. The lowest BCUT2D eigenvalue weighted by Gasteiger charge is -2.30. The number of nitrogens with one attached hydrogen (secondary N) is 3. The smallest absolute Gasteiger partial charge is 0.291 e. The Labute approximate surface area is 200 Å². The number of nitrogens with zero attached hydrogens (tertiary/aromatic N) is 2. The third-order valence-electron chi connectivity index (χ3n) is 6.66. The van der Waals surface area contributed by atoms with Crippen LogP contribution in [0.3, 0.4) is 0 Å². The van der Waals surface area contributed by atoms with Crippen LogP contribution >= 0.6 is 0 Å². The van der Waals surface area contributed by atoms with E-state index in [9.17, 15) is 19.5 Å². The number of benzene rings is 1. The van der Waals surface area contributed by atoms with Crippen LogP contribution in [0.25, 0.3) is 0 Å². The van der Waals surface area contributed by atoms with E-state index in [2.05, 4.69) is 15.7 Å². The quantitative estimate of drug-likeness (QED) is 0.472. The molecular weight excluding hydrogens is 434 g/mol. The van der Waals surface area contributed by atoms with Crippen LogP contribution in [-0.2, 0) is 0 Å². The van der Waals surface area contributed by atoms with Crippen LogP contribution in [-0.4, -0.2) is 45.8 Å². The number of anilines is 3. The van der Waals surface area contributed by atoms with Crippen molar-refractivity contribution in [3.05, 3.63) is 44.5 Å². The second-order valence-corrected chi connectivity index (χ2v) is 10.4. The van der Waals surface area contributed by atoms with Crippen LogP contribution in [0.4, 0.5) is 17.1 Å². The number of aromatic hydroxyl groups is 1. The van der Waals surface area contributed by atoms with E-state index >= 15 is 0 Å². The van der Waals surface area contributed by atoms with E-state index in [1.54, 1.807) is 26.2 Å². The van der Waals surface area contributed by atoms with Crippen LogP contribution in [0, 0.1) is 5.41 Å². The molecule has 0 aliphatic heterocycles. The third kappa shape index (κ3) is 5.29. The van der Waals surface area contributed by atoms with Crippen molar-refractivity contribution in [3.8, 4) is 5.75 Å². The van der Waals surface area contributed by atoms with E-state index < -0.39 is 5.56 Å². The maximum Gasteiger partial charge on any atom is 0.291 e. The fraction of sp³-hybridized carbons (Fsp3) is 0.560. The first-order valence-electron chi connectivity index (χ1n) is 11.9. The largest absolute Gasteiger partial charge is 0.505 e. The topological polar surface area (TPSA) is 119 Å². The summed E-state index contributed by atoms with van der Waals surface area (Å²) in [4.78, 5) is 40.7. The van der Waals surface area contributed by atoms with Gasteiger partial charge in [0.15, 0.2) is 5.75 Å². The first kappa shape index (κ1) is 25.4. The highest BCUT2D eigenvalue weighted by Gasteiger charge is 2.27. The van der Waals surface area contributed by atoms with Gasteiger partial charge in [0, 0.05) is 20.1 Å². The van der Waals surface area contributed by atoms with Gasteiger partial charge in [0.05, 0.1) is 17.3 Å². The number of hydrogen-bond donors (Lipinski definition) is 4. The Bertz CT molecular complexity index is 1150. The molecule has 1 saturated carbocycles. The lowest BCUT2D eigenvalue weighted by molar-refractivity contribution is 0.0824. The van der Waals surface area contributed by atoms with E-state index in [0.717, 1.165) is 32.1 Å². The van der Waals surface area contributed by atoms with Crippen LogP contribution in [0.15, 0.2) is 27.8 Å². The van der Waals surface area contributed by atoms with Crippen molar-refractivity contribution >= 4 is 23.0 Å². The van der Waals surface area contributed by atoms with Gasteiger partial charge in [0.1, 0.15) is 11.4 Å². The minimum Gasteiger partial charge on any atom is -0.505 e. The van der Waals surface area contributed by atoms with Crippen molar-refractivity contribution in [3.63, 3.8) is 0 Å². The number of para-hydroxylation sites is 1. The number of hydrogen-bond acceptors (Lipinski definition) is 6. The maximum atomic E-state index is 13.6. The molecule has 1 aromatic heterocycles. The molecule has 1 aliphatic carbocycles. The summed E-state index contributed by atoms with van der Waals surface area (Å²) in [5, 5.41) is 19.8. The predicted octanol–water partition coefficient (Wildman–Crippen LogP) is 4.04. The molecule has 2 aromatic rings. The SMILES string of the molecule is C[C@H](Nc1c(Nc2cccc(C(=O)N(C)C)c2O)c(=O)n(C2CCCCC2)[nH]c1=O)C(C)(C)C. The van der Waals surface area contributed by atoms with Gasteiger partial charge in [-0.2, -0.15) is 0 Å². The summed E-state index contributed by atoms with van der Waals surface area (Å²) in [6, 6.07) is 4.50. The summed E-state index contributed by atoms with van der Waals surface area (Å²) in [7, 11) is 3.19. The highest BCUT2D eigenvalue weighted by Crippen LogP contribution is 2.33. The lowest BCUT2D eigenvalue weighted by Crippen LogP contribution is -2.39. The Hall–Kier alpha value is -3.23. The molecule has 186 valence electrons. The standard InChI is InChI=1S/C25H37N5O4/c1-15(25(2,3)4)26-19-20(24(34)30(28-22(19)32)16-11-8-7-9-12-16)27-18-14-10-13-17(21(18)31)23(33)29(5)6/h10,13-16,26-27,31H,7-9,11-12H2,1-6H3,(H,28,32)/t15-/m0/s1. The number of carbonyl (C=O) groups is 1. The molecule has 1 heterocycles. The van der Waals surface area contributed by atoms with Gasteiger partial charge in [-0.25, -0.2) is 4.68 Å². The van der Waals surface area contributed by atoms with E-state index in [-0.39, 0.29) is 57.3 Å². The highest BCUT2D eigenvalue weighted by molar-refractivity contribution is 5.98. The Morgan fingerprint density at radius 3 is 2.38 bits per heavy atom. The molecule has 3 rings (SSSR count). The lowest BCUT2D eigenvalue weighted by atomic mass is 9.88. The second-order valence-electron chi connectivity index (χ2n) is 10.4. The summed E-state index contributed by atoms with van der Waals surface area (Å²) in [6.07, 6.45) is 4.75. The van der Waals surface area contributed by atoms with Crippen molar-refractivity contribution in [2.24, 2.45) is 5.41 Å². The van der Waals surface area contributed by atoms with Crippen LogP contribution in [0.5, 0.6) is 5.75 Å². The van der Waals surface area contributed by atoms with Gasteiger partial charge < -0.3 is 20.6 Å². The molecule has 0 bridgehead atoms. The molecule has 0 unspecified atom stereocenters. The molecule has 1 aliphatic rings. The Morgan fingerprint density at radius 1 is 1.15 bits per heavy atom. The molecule has 0 saturated heterocycles. The van der Waals surface area contributed by atoms with Crippen LogP contribution in [0.2, 0.25) is 0 Å². The fourth-order valence-electron chi connectivity index (χ4n) is 4.03. The number of H-pyrrole nitrogens is 1. The normalized spacial score (nSPS) is 15.6. The number of amides is 1. The summed E-state index contributed by atoms with van der Waals surface area (Å²) < 4.78 is 1.42. The molecule has 9 heteroatoms. The van der Waals surface area contributed by atoms with Crippen molar-refractivity contribution in [2.75, 3.05) is 24.7 Å². The molecule has 1 atom stereocenters. The zero-order valence-corrected chi connectivity index (χ0v) is 21.0. The van der Waals surface area contributed by atoms with Gasteiger partial charge in [-0.1, -0.05) is 46.1 Å². The summed E-state index contributed by atoms with van der Waals surface area (Å²) in [5.41, 5.74) is -0.523. The zero-order valence-electron chi connectivity index (χ0n) is 21.0. The molecule has 34 heavy (non-hydrogen) atoms. The molecule has 0 radical (unpaired) electrons. The van der Waals surface area contributed by atoms with Gasteiger partial charge in [-0.15, -0.1) is 0 Å². The van der Waals surface area contributed by atoms with E-state index in [0.29, 0.717) is 0 Å². The van der Waals surface area contributed by atoms with E-state index in [1.807, 2.05) is 27.7 Å². The van der Waals surface area contributed by atoms with Crippen molar-refractivity contribution in [1.82, 2.24) is 14.7 Å². The molecule has 0 spiro atoms. The summed E-state index contributed by atoms with van der Waals surface area (Å²) >= 11 is 0. The number of aromatic nitrogens is 2. The minimum atomic E-state index is -0.413. The number of phenols is 1. The molecule has 4 N–H and O–H groups in total. The van der Waals surface area contributed by atoms with Gasteiger partial charge >= 0.3 is 0 Å². The Kier molecular flexibility index (Phi) is 7.43. The molecular formula is C25H37N5O4. The number of rotatable bonds is 6. The van der Waals surface area contributed by atoms with Gasteiger partial charge in [-0.3, -0.25) is 19.5 Å². The summed E-state index contributed by atoms with van der Waals surface area (Å²) in [6.45, 7) is 8.07. The van der Waals surface area contributed by atoms with Gasteiger partial charge in [-0.05, 0) is 37.3 Å². The number of aromatic amines is 1. The monoisotopic (exact) mass is 471 g/mol. The van der Waals surface area contributed by atoms with E-state index in [4.69, 9.17) is 0 Å². The predicted molar refractivity (Wildman–Crippen MR) is 135 cm³/mol. The van der Waals surface area contributed by atoms with Gasteiger partial charge in [0.2, 0.25) is 0 Å². The molecule has 9 nitrogen and oxygen atoms in total. The average Bonchev–Trinajstić information content (AvgIpc) is 2.78. The van der Waals surface area contributed by atoms with E-state index in [1.165, 1.54) is 15.6 Å². The first-order chi connectivity index (χ1) is 15.9. The third-order valence-corrected chi connectivity index (χ3v) is 6.66. The van der Waals surface area contributed by atoms with Crippen molar-refractivity contribution < 1.29 is 9.90 Å². The number of carbonyl (C=O) groups excluding carboxylic acids is 1. The maximum absolute atomic E-state index is 13.6. The Balaban J connectivity index is 2.14. The Morgan fingerprint density at radius 2 is 1.79 bits per heavy atom. The second kappa shape index (κ2) is 9.95. The van der Waals surface area contributed by atoms with Gasteiger partial charge in [0.25, 0.3) is 17.0 Å². The first-order valence-corrected chi connectivity index (χ1v) is 11.9. The molecule has 1 fully saturated rings. The molecule has 1 amide bonds. The zero-order chi connectivity index (χ0) is 25.2. The van der Waals surface area contributed by atoms with Crippen LogP contribution in [0.1, 0.15) is 76.2 Å². The summed E-state index contributed by atoms with van der Waals surface area (Å²) in [5.74, 6) is -0.647. The number of phenolic OH excluding ortho intramolecular Hbond substituents is 1. The van der Waals surface area contributed by atoms with Crippen molar-refractivity contribution in [2.45, 2.75) is 71.9 Å². The fourth-order valence-corrected chi connectivity index (χ4v) is 4.03. The van der Waals surface area contributed by atoms with Crippen molar-refractivity contribution in [1.29, 1.82) is 0 Å². The van der Waals surface area contributed by atoms with Crippen LogP contribution < -0.4 is 21.8 Å². The minimum absolute atomic E-state index is 0.0511. The average molecular weight is 472 g/mol.